The molecule has 0 aliphatic heterocycles. The van der Waals surface area contributed by atoms with Crippen LogP contribution >= 0.6 is 0 Å². The van der Waals surface area contributed by atoms with Gasteiger partial charge in [-0.25, -0.2) is 0 Å². The van der Waals surface area contributed by atoms with Gasteiger partial charge in [0.05, 0.1) is 0 Å². The maximum atomic E-state index is 9.33. The minimum atomic E-state index is 0.321. The fraction of sp³-hybridized carbons (Fsp3) is 0.368. The molecule has 2 aromatic rings. The molecule has 2 heteroatoms. The third-order valence-electron chi connectivity index (χ3n) is 3.79. The van der Waals surface area contributed by atoms with Gasteiger partial charge in [0.1, 0.15) is 5.75 Å². The van der Waals surface area contributed by atoms with Crippen molar-refractivity contribution in [2.45, 2.75) is 45.2 Å². The number of aromatic hydroxyl groups is 1. The molecule has 1 atom stereocenters. The van der Waals surface area contributed by atoms with Gasteiger partial charge in [0.15, 0.2) is 0 Å². The molecule has 0 saturated carbocycles. The molecular weight excluding hydrogens is 258 g/mol. The molecule has 0 bridgehead atoms. The average Bonchev–Trinajstić information content (AvgIpc) is 2.53. The number of hydrogen-bond acceptors (Lipinski definition) is 2. The van der Waals surface area contributed by atoms with E-state index in [4.69, 9.17) is 0 Å². The first-order valence-corrected chi connectivity index (χ1v) is 7.86. The molecule has 0 aliphatic rings. The predicted octanol–water partition coefficient (Wildman–Crippen LogP) is 4.80. The van der Waals surface area contributed by atoms with Gasteiger partial charge < -0.3 is 10.4 Å². The van der Waals surface area contributed by atoms with Crippen LogP contribution in [0.25, 0.3) is 0 Å². The number of nitrogens with one attached hydrogen (secondary N) is 1. The second-order valence-corrected chi connectivity index (χ2v) is 5.51. The summed E-state index contributed by atoms with van der Waals surface area (Å²) in [7, 11) is 0. The maximum Gasteiger partial charge on any atom is 0.115 e. The summed E-state index contributed by atoms with van der Waals surface area (Å²) in [5.41, 5.74) is 2.55. The van der Waals surface area contributed by atoms with E-state index in [2.05, 4.69) is 42.6 Å². The summed E-state index contributed by atoms with van der Waals surface area (Å²) in [5, 5.41) is 13.0. The van der Waals surface area contributed by atoms with Gasteiger partial charge in [-0.15, -0.1) is 0 Å². The maximum absolute atomic E-state index is 9.33. The van der Waals surface area contributed by atoms with Crippen LogP contribution in [0.4, 0.5) is 0 Å². The Hall–Kier alpha value is -1.80. The fourth-order valence-electron chi connectivity index (χ4n) is 2.53. The van der Waals surface area contributed by atoms with E-state index < -0.39 is 0 Å². The Balaban J connectivity index is 1.96. The summed E-state index contributed by atoms with van der Waals surface area (Å²) >= 11 is 0. The first-order chi connectivity index (χ1) is 10.3. The summed E-state index contributed by atoms with van der Waals surface area (Å²) in [6, 6.07) is 18.5. The molecule has 0 amide bonds. The van der Waals surface area contributed by atoms with Gasteiger partial charge in [-0.05, 0) is 29.7 Å². The van der Waals surface area contributed by atoms with Crippen LogP contribution in [0.2, 0.25) is 0 Å². The van der Waals surface area contributed by atoms with Crippen LogP contribution in [0.3, 0.4) is 0 Å². The first-order valence-electron chi connectivity index (χ1n) is 7.86. The number of phenolic OH excluding ortho intramolecular Hbond substituents is 1. The molecule has 2 aromatic carbocycles. The highest BCUT2D eigenvalue weighted by Crippen LogP contribution is 2.20. The van der Waals surface area contributed by atoms with Gasteiger partial charge in [0, 0.05) is 12.6 Å². The van der Waals surface area contributed by atoms with E-state index >= 15 is 0 Å². The zero-order valence-corrected chi connectivity index (χ0v) is 12.8. The standard InChI is InChI=1S/C19H25NO/c1-2-3-5-10-19(17-8-6-4-7-9-17)20-15-16-11-13-18(21)14-12-16/h4,6-9,11-14,19-21H,2-3,5,10,15H2,1H3. The van der Waals surface area contributed by atoms with Crippen molar-refractivity contribution in [2.24, 2.45) is 0 Å². The van der Waals surface area contributed by atoms with E-state index in [1.54, 1.807) is 12.1 Å². The van der Waals surface area contributed by atoms with Crippen molar-refractivity contribution in [3.05, 3.63) is 65.7 Å². The fourth-order valence-corrected chi connectivity index (χ4v) is 2.53. The minimum absolute atomic E-state index is 0.321. The van der Waals surface area contributed by atoms with E-state index in [1.165, 1.54) is 30.4 Å². The normalized spacial score (nSPS) is 12.2. The van der Waals surface area contributed by atoms with Crippen LogP contribution in [0.15, 0.2) is 54.6 Å². The lowest BCUT2D eigenvalue weighted by Crippen LogP contribution is -2.21. The molecular formula is C19H25NO. The lowest BCUT2D eigenvalue weighted by atomic mass is 10.00. The van der Waals surface area contributed by atoms with E-state index in [0.717, 1.165) is 13.0 Å². The quantitative estimate of drug-likeness (QED) is 0.682. The van der Waals surface area contributed by atoms with Gasteiger partial charge in [0.2, 0.25) is 0 Å². The Kier molecular flexibility index (Phi) is 6.29. The van der Waals surface area contributed by atoms with E-state index in [0.29, 0.717) is 11.8 Å². The number of benzene rings is 2. The number of phenols is 1. The van der Waals surface area contributed by atoms with Crippen LogP contribution in [-0.4, -0.2) is 5.11 Å². The van der Waals surface area contributed by atoms with Crippen molar-refractivity contribution < 1.29 is 5.11 Å². The molecule has 0 aliphatic carbocycles. The number of rotatable bonds is 8. The second-order valence-electron chi connectivity index (χ2n) is 5.51. The molecule has 2 nitrogen and oxygen atoms in total. The Bertz CT molecular complexity index is 507. The first kappa shape index (κ1) is 15.6. The molecule has 21 heavy (non-hydrogen) atoms. The topological polar surface area (TPSA) is 32.3 Å². The van der Waals surface area contributed by atoms with Crippen LogP contribution in [0.5, 0.6) is 5.75 Å². The molecule has 112 valence electrons. The Morgan fingerprint density at radius 3 is 2.33 bits per heavy atom. The molecule has 0 saturated heterocycles. The van der Waals surface area contributed by atoms with Crippen LogP contribution in [-0.2, 0) is 6.54 Å². The van der Waals surface area contributed by atoms with E-state index in [1.807, 2.05) is 12.1 Å². The molecule has 0 fully saturated rings. The predicted molar refractivity (Wildman–Crippen MR) is 88.3 cm³/mol. The highest BCUT2D eigenvalue weighted by Gasteiger charge is 2.10. The van der Waals surface area contributed by atoms with Crippen LogP contribution < -0.4 is 5.32 Å². The number of hydrogen-bond donors (Lipinski definition) is 2. The third kappa shape index (κ3) is 5.24. The van der Waals surface area contributed by atoms with Crippen LogP contribution in [0, 0.1) is 0 Å². The van der Waals surface area contributed by atoms with Gasteiger partial charge >= 0.3 is 0 Å². The highest BCUT2D eigenvalue weighted by atomic mass is 16.3. The summed E-state index contributed by atoms with van der Waals surface area (Å²) in [6.07, 6.45) is 4.94. The summed E-state index contributed by atoms with van der Waals surface area (Å²) < 4.78 is 0. The molecule has 1 unspecified atom stereocenters. The van der Waals surface area contributed by atoms with Crippen molar-refractivity contribution >= 4 is 0 Å². The zero-order chi connectivity index (χ0) is 14.9. The third-order valence-corrected chi connectivity index (χ3v) is 3.79. The van der Waals surface area contributed by atoms with Crippen molar-refractivity contribution in [2.75, 3.05) is 0 Å². The molecule has 0 heterocycles. The lowest BCUT2D eigenvalue weighted by Gasteiger charge is -2.19. The largest absolute Gasteiger partial charge is 0.508 e. The van der Waals surface area contributed by atoms with Crippen molar-refractivity contribution in [3.8, 4) is 5.75 Å². The Morgan fingerprint density at radius 2 is 1.67 bits per heavy atom. The molecule has 2 N–H and O–H groups in total. The Labute approximate surface area is 127 Å². The zero-order valence-electron chi connectivity index (χ0n) is 12.8. The molecule has 0 aromatic heterocycles. The molecule has 2 rings (SSSR count). The molecule has 0 radical (unpaired) electrons. The second kappa shape index (κ2) is 8.48. The summed E-state index contributed by atoms with van der Waals surface area (Å²) in [6.45, 7) is 3.06. The smallest absolute Gasteiger partial charge is 0.115 e. The average molecular weight is 283 g/mol. The van der Waals surface area contributed by atoms with Gasteiger partial charge in [-0.3, -0.25) is 0 Å². The number of unbranched alkanes of at least 4 members (excludes halogenated alkanes) is 2. The summed E-state index contributed by atoms with van der Waals surface area (Å²) in [5.74, 6) is 0.321. The van der Waals surface area contributed by atoms with Gasteiger partial charge in [-0.1, -0.05) is 68.7 Å². The highest BCUT2D eigenvalue weighted by molar-refractivity contribution is 5.26. The van der Waals surface area contributed by atoms with Crippen molar-refractivity contribution in [1.29, 1.82) is 0 Å². The minimum Gasteiger partial charge on any atom is -0.508 e. The SMILES string of the molecule is CCCCCC(NCc1ccc(O)cc1)c1ccccc1. The lowest BCUT2D eigenvalue weighted by molar-refractivity contribution is 0.469. The van der Waals surface area contributed by atoms with E-state index in [-0.39, 0.29) is 0 Å². The van der Waals surface area contributed by atoms with Crippen molar-refractivity contribution in [1.82, 2.24) is 5.32 Å². The van der Waals surface area contributed by atoms with E-state index in [9.17, 15) is 5.11 Å². The van der Waals surface area contributed by atoms with Gasteiger partial charge in [0.25, 0.3) is 0 Å². The Morgan fingerprint density at radius 1 is 0.952 bits per heavy atom. The molecule has 0 spiro atoms. The van der Waals surface area contributed by atoms with Crippen molar-refractivity contribution in [3.63, 3.8) is 0 Å². The van der Waals surface area contributed by atoms with Crippen LogP contribution in [0.1, 0.15) is 49.8 Å². The monoisotopic (exact) mass is 283 g/mol. The van der Waals surface area contributed by atoms with Gasteiger partial charge in [-0.2, -0.15) is 0 Å². The summed E-state index contributed by atoms with van der Waals surface area (Å²) in [4.78, 5) is 0.